The minimum atomic E-state index is -3.13. The first-order chi connectivity index (χ1) is 11.6. The van der Waals surface area contributed by atoms with Gasteiger partial charge in [0.25, 0.3) is 0 Å². The minimum absolute atomic E-state index is 0.0670. The van der Waals surface area contributed by atoms with Crippen LogP contribution in [0.1, 0.15) is 26.7 Å². The second-order valence-electron chi connectivity index (χ2n) is 6.89. The molecule has 25 heavy (non-hydrogen) atoms. The van der Waals surface area contributed by atoms with Crippen molar-refractivity contribution in [2.75, 3.05) is 51.8 Å². The molecular weight excluding hydrogens is 346 g/mol. The fourth-order valence-corrected chi connectivity index (χ4v) is 4.31. The highest BCUT2D eigenvalue weighted by molar-refractivity contribution is 7.91. The van der Waals surface area contributed by atoms with Gasteiger partial charge in [-0.1, -0.05) is 0 Å². The maximum absolute atomic E-state index is 12.5. The molecule has 2 amide bonds. The van der Waals surface area contributed by atoms with E-state index >= 15 is 0 Å². The summed E-state index contributed by atoms with van der Waals surface area (Å²) in [6.45, 7) is 5.62. The van der Waals surface area contributed by atoms with Gasteiger partial charge in [0.2, 0.25) is 0 Å². The van der Waals surface area contributed by atoms with Gasteiger partial charge in [0.1, 0.15) is 0 Å². The molecular formula is C16H31N3O5S. The molecule has 146 valence electrons. The van der Waals surface area contributed by atoms with Crippen molar-refractivity contribution in [2.45, 2.75) is 38.8 Å². The van der Waals surface area contributed by atoms with Crippen LogP contribution in [0.2, 0.25) is 0 Å². The zero-order valence-electron chi connectivity index (χ0n) is 15.7. The number of ether oxygens (including phenoxy) is 1. The van der Waals surface area contributed by atoms with Crippen LogP contribution >= 0.6 is 0 Å². The van der Waals surface area contributed by atoms with Crippen molar-refractivity contribution in [3.8, 4) is 0 Å². The highest BCUT2D eigenvalue weighted by atomic mass is 32.2. The van der Waals surface area contributed by atoms with Crippen molar-refractivity contribution in [2.24, 2.45) is 0 Å². The molecule has 0 spiro atoms. The van der Waals surface area contributed by atoms with Crippen molar-refractivity contribution < 1.29 is 22.7 Å². The van der Waals surface area contributed by atoms with Crippen molar-refractivity contribution >= 4 is 21.7 Å². The van der Waals surface area contributed by atoms with Gasteiger partial charge in [0.15, 0.2) is 9.84 Å². The molecule has 1 unspecified atom stereocenters. The predicted molar refractivity (Wildman–Crippen MR) is 96.0 cm³/mol. The largest absolute Gasteiger partial charge is 0.379 e. The SMILES string of the molecule is CC(C)OCCCNC(=O)C(=O)N(CCN(C)C)C1CCS(=O)(=O)C1. The quantitative estimate of drug-likeness (QED) is 0.430. The number of carbonyl (C=O) groups is 2. The molecule has 1 rings (SSSR count). The highest BCUT2D eigenvalue weighted by Crippen LogP contribution is 2.18. The van der Waals surface area contributed by atoms with Gasteiger partial charge in [-0.15, -0.1) is 0 Å². The van der Waals surface area contributed by atoms with E-state index in [2.05, 4.69) is 5.32 Å². The van der Waals surface area contributed by atoms with Gasteiger partial charge in [0, 0.05) is 32.3 Å². The number of carbonyl (C=O) groups excluding carboxylic acids is 2. The average Bonchev–Trinajstić information content (AvgIpc) is 2.86. The molecule has 0 saturated carbocycles. The third-order valence-electron chi connectivity index (χ3n) is 3.95. The van der Waals surface area contributed by atoms with Crippen LogP contribution in [0.4, 0.5) is 0 Å². The number of rotatable bonds is 9. The summed E-state index contributed by atoms with van der Waals surface area (Å²) in [5.74, 6) is -1.35. The van der Waals surface area contributed by atoms with Crippen LogP contribution in [-0.2, 0) is 24.2 Å². The summed E-state index contributed by atoms with van der Waals surface area (Å²) in [5, 5.41) is 2.60. The Morgan fingerprint density at radius 3 is 2.44 bits per heavy atom. The Balaban J connectivity index is 2.57. The molecule has 1 aliphatic rings. The van der Waals surface area contributed by atoms with Gasteiger partial charge in [-0.3, -0.25) is 9.59 Å². The van der Waals surface area contributed by atoms with E-state index in [0.717, 1.165) is 0 Å². The molecule has 1 heterocycles. The lowest BCUT2D eigenvalue weighted by Crippen LogP contribution is -2.50. The van der Waals surface area contributed by atoms with Crippen molar-refractivity contribution in [3.05, 3.63) is 0 Å². The summed E-state index contributed by atoms with van der Waals surface area (Å²) in [5.41, 5.74) is 0. The van der Waals surface area contributed by atoms with Gasteiger partial charge in [0.05, 0.1) is 17.6 Å². The van der Waals surface area contributed by atoms with Crippen LogP contribution in [0.3, 0.4) is 0 Å². The van der Waals surface area contributed by atoms with E-state index in [1.165, 1.54) is 4.90 Å². The maximum Gasteiger partial charge on any atom is 0.312 e. The van der Waals surface area contributed by atoms with E-state index in [1.54, 1.807) is 0 Å². The van der Waals surface area contributed by atoms with Gasteiger partial charge in [-0.2, -0.15) is 0 Å². The second kappa shape index (κ2) is 10.1. The standard InChI is InChI=1S/C16H31N3O5S/c1-13(2)24-10-5-7-17-15(20)16(21)19(9-8-18(3)4)14-6-11-25(22,23)12-14/h13-14H,5-12H2,1-4H3,(H,17,20). The summed E-state index contributed by atoms with van der Waals surface area (Å²) in [6, 6.07) is -0.424. The third kappa shape index (κ3) is 8.15. The first kappa shape index (κ1) is 21.9. The number of hydrogen-bond acceptors (Lipinski definition) is 6. The predicted octanol–water partition coefficient (Wildman–Crippen LogP) is -0.505. The number of nitrogens with zero attached hydrogens (tertiary/aromatic N) is 2. The Hall–Kier alpha value is -1.19. The van der Waals surface area contributed by atoms with Gasteiger partial charge in [-0.05, 0) is 40.8 Å². The molecule has 1 fully saturated rings. The van der Waals surface area contributed by atoms with E-state index in [9.17, 15) is 18.0 Å². The zero-order valence-corrected chi connectivity index (χ0v) is 16.5. The van der Waals surface area contributed by atoms with Gasteiger partial charge in [-0.25, -0.2) is 8.42 Å². The third-order valence-corrected chi connectivity index (χ3v) is 5.70. The fraction of sp³-hybridized carbons (Fsp3) is 0.875. The molecule has 1 aliphatic heterocycles. The molecule has 0 aromatic carbocycles. The van der Waals surface area contributed by atoms with Crippen LogP contribution in [-0.4, -0.2) is 94.0 Å². The second-order valence-corrected chi connectivity index (χ2v) is 9.12. The van der Waals surface area contributed by atoms with Crippen molar-refractivity contribution in [3.63, 3.8) is 0 Å². The van der Waals surface area contributed by atoms with Crippen molar-refractivity contribution in [1.29, 1.82) is 0 Å². The number of hydrogen-bond donors (Lipinski definition) is 1. The summed E-state index contributed by atoms with van der Waals surface area (Å²) >= 11 is 0. The Kier molecular flexibility index (Phi) is 8.81. The van der Waals surface area contributed by atoms with Crippen LogP contribution in [0.15, 0.2) is 0 Å². The van der Waals surface area contributed by atoms with E-state index < -0.39 is 27.7 Å². The zero-order chi connectivity index (χ0) is 19.0. The molecule has 0 aromatic rings. The fourth-order valence-electron chi connectivity index (χ4n) is 2.58. The highest BCUT2D eigenvalue weighted by Gasteiger charge is 2.36. The number of likely N-dealkylation sites (N-methyl/N-ethyl adjacent to an activating group) is 1. The van der Waals surface area contributed by atoms with Crippen LogP contribution in [0, 0.1) is 0 Å². The molecule has 0 aromatic heterocycles. The Bertz CT molecular complexity index is 548. The lowest BCUT2D eigenvalue weighted by Gasteiger charge is -2.28. The van der Waals surface area contributed by atoms with E-state index in [-0.39, 0.29) is 17.6 Å². The lowest BCUT2D eigenvalue weighted by atomic mass is 10.2. The molecule has 1 N–H and O–H groups in total. The number of amides is 2. The van der Waals surface area contributed by atoms with Crippen LogP contribution in [0.25, 0.3) is 0 Å². The van der Waals surface area contributed by atoms with E-state index in [1.807, 2.05) is 32.8 Å². The number of nitrogens with one attached hydrogen (secondary N) is 1. The van der Waals surface area contributed by atoms with Gasteiger partial charge < -0.3 is 19.9 Å². The topological polar surface area (TPSA) is 96.0 Å². The molecule has 0 bridgehead atoms. The molecule has 0 aliphatic carbocycles. The van der Waals surface area contributed by atoms with Gasteiger partial charge >= 0.3 is 11.8 Å². The Morgan fingerprint density at radius 1 is 1.24 bits per heavy atom. The average molecular weight is 378 g/mol. The first-order valence-corrected chi connectivity index (χ1v) is 10.5. The molecule has 1 atom stereocenters. The van der Waals surface area contributed by atoms with E-state index in [0.29, 0.717) is 39.1 Å². The maximum atomic E-state index is 12.5. The monoisotopic (exact) mass is 377 g/mol. The first-order valence-electron chi connectivity index (χ1n) is 8.68. The summed E-state index contributed by atoms with van der Waals surface area (Å²) in [7, 11) is 0.601. The summed E-state index contributed by atoms with van der Waals surface area (Å²) in [4.78, 5) is 27.9. The van der Waals surface area contributed by atoms with Crippen molar-refractivity contribution in [1.82, 2.24) is 15.1 Å². The lowest BCUT2D eigenvalue weighted by molar-refractivity contribution is -0.147. The number of sulfone groups is 1. The molecule has 8 nitrogen and oxygen atoms in total. The Morgan fingerprint density at radius 2 is 1.92 bits per heavy atom. The van der Waals surface area contributed by atoms with E-state index in [4.69, 9.17) is 4.74 Å². The van der Waals surface area contributed by atoms with Crippen LogP contribution in [0.5, 0.6) is 0 Å². The minimum Gasteiger partial charge on any atom is -0.379 e. The summed E-state index contributed by atoms with van der Waals surface area (Å²) in [6.07, 6.45) is 1.13. The normalized spacial score (nSPS) is 19.4. The molecule has 9 heteroatoms. The van der Waals surface area contributed by atoms with Crippen LogP contribution < -0.4 is 5.32 Å². The molecule has 0 radical (unpaired) electrons. The Labute approximate surface area is 150 Å². The molecule has 1 saturated heterocycles. The smallest absolute Gasteiger partial charge is 0.312 e. The summed E-state index contributed by atoms with van der Waals surface area (Å²) < 4.78 is 28.8.